The molecule has 0 saturated carbocycles. The fraction of sp³-hybridized carbons (Fsp3) is 0.286. The van der Waals surface area contributed by atoms with Crippen molar-refractivity contribution in [3.05, 3.63) is 38.7 Å². The van der Waals surface area contributed by atoms with E-state index in [1.165, 1.54) is 6.07 Å². The van der Waals surface area contributed by atoms with Crippen LogP contribution in [-0.2, 0) is 6.54 Å². The summed E-state index contributed by atoms with van der Waals surface area (Å²) in [5.41, 5.74) is 6.87. The van der Waals surface area contributed by atoms with Gasteiger partial charge in [-0.2, -0.15) is 0 Å². The smallest absolute Gasteiger partial charge is 0.167 e. The largest absolute Gasteiger partial charge is 0.488 e. The number of halogens is 2. The Morgan fingerprint density at radius 2 is 2.15 bits per heavy atom. The maximum absolute atomic E-state index is 13.7. The third-order valence-corrected chi connectivity index (χ3v) is 4.24. The number of anilines is 2. The van der Waals surface area contributed by atoms with Crippen LogP contribution in [0, 0.1) is 5.82 Å². The predicted octanol–water partition coefficient (Wildman–Crippen LogP) is 4.63. The van der Waals surface area contributed by atoms with Gasteiger partial charge >= 0.3 is 0 Å². The van der Waals surface area contributed by atoms with E-state index in [1.54, 1.807) is 17.4 Å². The van der Waals surface area contributed by atoms with Crippen LogP contribution in [0.2, 0.25) is 0 Å². The fourth-order valence-electron chi connectivity index (χ4n) is 1.69. The van der Waals surface area contributed by atoms with Crippen LogP contribution in [0.4, 0.5) is 15.8 Å². The van der Waals surface area contributed by atoms with Crippen LogP contribution < -0.4 is 15.8 Å². The molecule has 1 aromatic carbocycles. The van der Waals surface area contributed by atoms with Gasteiger partial charge in [0.1, 0.15) is 0 Å². The number of thiophene rings is 1. The summed E-state index contributed by atoms with van der Waals surface area (Å²) in [5.74, 6) is -0.232. The molecule has 20 heavy (non-hydrogen) atoms. The average molecular weight is 359 g/mol. The number of nitrogens with two attached hydrogens (primary N) is 1. The van der Waals surface area contributed by atoms with Crippen molar-refractivity contribution in [1.29, 1.82) is 0 Å². The lowest BCUT2D eigenvalue weighted by atomic mass is 10.2. The van der Waals surface area contributed by atoms with Gasteiger partial charge in [0, 0.05) is 33.4 Å². The van der Waals surface area contributed by atoms with Gasteiger partial charge in [0.05, 0.1) is 17.5 Å². The minimum Gasteiger partial charge on any atom is -0.488 e. The molecule has 3 N–H and O–H groups in total. The van der Waals surface area contributed by atoms with E-state index in [9.17, 15) is 4.39 Å². The third kappa shape index (κ3) is 3.86. The fourth-order valence-corrected chi connectivity index (χ4v) is 3.09. The normalized spacial score (nSPS) is 10.8. The molecule has 0 aliphatic rings. The Kier molecular flexibility index (Phi) is 4.88. The first-order valence-electron chi connectivity index (χ1n) is 6.18. The molecule has 108 valence electrons. The Hall–Kier alpha value is -1.27. The second-order valence-electron chi connectivity index (χ2n) is 4.62. The maximum atomic E-state index is 13.7. The molecular weight excluding hydrogens is 343 g/mol. The van der Waals surface area contributed by atoms with Crippen molar-refractivity contribution in [2.75, 3.05) is 11.1 Å². The van der Waals surface area contributed by atoms with E-state index >= 15 is 0 Å². The molecule has 6 heteroatoms. The second-order valence-corrected chi connectivity index (χ2v) is 6.53. The number of benzene rings is 1. The Morgan fingerprint density at radius 1 is 1.40 bits per heavy atom. The van der Waals surface area contributed by atoms with Crippen LogP contribution in [0.25, 0.3) is 0 Å². The lowest BCUT2D eigenvalue weighted by Crippen LogP contribution is -2.09. The summed E-state index contributed by atoms with van der Waals surface area (Å²) in [5, 5.41) is 5.21. The third-order valence-electron chi connectivity index (χ3n) is 2.54. The van der Waals surface area contributed by atoms with Crippen LogP contribution in [0.1, 0.15) is 18.7 Å². The van der Waals surface area contributed by atoms with Gasteiger partial charge in [0.15, 0.2) is 11.6 Å². The molecule has 2 rings (SSSR count). The van der Waals surface area contributed by atoms with Crippen molar-refractivity contribution in [3.63, 3.8) is 0 Å². The first kappa shape index (κ1) is 15.1. The second kappa shape index (κ2) is 6.45. The monoisotopic (exact) mass is 358 g/mol. The minimum absolute atomic E-state index is 0.0887. The highest BCUT2D eigenvalue weighted by Gasteiger charge is 2.10. The number of rotatable bonds is 5. The maximum Gasteiger partial charge on any atom is 0.167 e. The van der Waals surface area contributed by atoms with Gasteiger partial charge in [-0.25, -0.2) is 4.39 Å². The zero-order valence-electron chi connectivity index (χ0n) is 11.2. The zero-order chi connectivity index (χ0) is 14.7. The van der Waals surface area contributed by atoms with Crippen molar-refractivity contribution < 1.29 is 9.13 Å². The molecule has 1 heterocycles. The van der Waals surface area contributed by atoms with E-state index in [2.05, 4.69) is 21.2 Å². The van der Waals surface area contributed by atoms with Crippen molar-refractivity contribution in [2.24, 2.45) is 0 Å². The Bertz CT molecular complexity index is 601. The van der Waals surface area contributed by atoms with Gasteiger partial charge in [0.25, 0.3) is 0 Å². The van der Waals surface area contributed by atoms with Crippen molar-refractivity contribution in [2.45, 2.75) is 26.5 Å². The molecule has 3 nitrogen and oxygen atoms in total. The molecule has 0 atom stereocenters. The molecule has 1 aromatic heterocycles. The number of ether oxygens (including phenoxy) is 1. The molecule has 0 saturated heterocycles. The van der Waals surface area contributed by atoms with Gasteiger partial charge in [-0.1, -0.05) is 0 Å². The molecule has 0 radical (unpaired) electrons. The molecule has 0 unspecified atom stereocenters. The van der Waals surface area contributed by atoms with E-state index < -0.39 is 5.82 Å². The van der Waals surface area contributed by atoms with Crippen LogP contribution in [0.5, 0.6) is 5.75 Å². The first-order valence-corrected chi connectivity index (χ1v) is 7.85. The number of nitrogen functional groups attached to an aromatic ring is 1. The summed E-state index contributed by atoms with van der Waals surface area (Å²) < 4.78 is 20.2. The van der Waals surface area contributed by atoms with E-state index in [0.29, 0.717) is 17.9 Å². The van der Waals surface area contributed by atoms with Gasteiger partial charge in [-0.15, -0.1) is 11.3 Å². The van der Waals surface area contributed by atoms with Gasteiger partial charge < -0.3 is 15.8 Å². The number of hydrogen-bond acceptors (Lipinski definition) is 4. The van der Waals surface area contributed by atoms with Gasteiger partial charge in [0.2, 0.25) is 0 Å². The highest BCUT2D eigenvalue weighted by molar-refractivity contribution is 9.10. The van der Waals surface area contributed by atoms with Crippen LogP contribution in [0.3, 0.4) is 0 Å². The minimum atomic E-state index is -0.444. The van der Waals surface area contributed by atoms with Crippen LogP contribution >= 0.6 is 27.3 Å². The van der Waals surface area contributed by atoms with E-state index in [4.69, 9.17) is 10.5 Å². The standard InChI is InChI=1S/C14H16BrFN2OS/c1-8(2)19-14-5-13(12(17)4-11(14)16)18-6-10-3-9(15)7-20-10/h3-5,7-8,18H,6,17H2,1-2H3. The number of hydrogen-bond donors (Lipinski definition) is 2. The van der Waals surface area contributed by atoms with Crippen molar-refractivity contribution in [3.8, 4) is 5.75 Å². The van der Waals surface area contributed by atoms with Gasteiger partial charge in [-0.3, -0.25) is 0 Å². The summed E-state index contributed by atoms with van der Waals surface area (Å²) in [6.07, 6.45) is -0.0887. The quantitative estimate of drug-likeness (QED) is 0.765. The molecule has 0 amide bonds. The SMILES string of the molecule is CC(C)Oc1cc(NCc2cc(Br)cs2)c(N)cc1F. The average Bonchev–Trinajstić information content (AvgIpc) is 2.76. The Balaban J connectivity index is 2.14. The summed E-state index contributed by atoms with van der Waals surface area (Å²) in [7, 11) is 0. The van der Waals surface area contributed by atoms with E-state index in [-0.39, 0.29) is 11.9 Å². The molecule has 0 fully saturated rings. The summed E-state index contributed by atoms with van der Waals surface area (Å²) in [4.78, 5) is 1.16. The molecule has 0 bridgehead atoms. The highest BCUT2D eigenvalue weighted by atomic mass is 79.9. The van der Waals surface area contributed by atoms with Crippen molar-refractivity contribution >= 4 is 38.6 Å². The Labute approximate surface area is 130 Å². The molecule has 2 aromatic rings. The van der Waals surface area contributed by atoms with Gasteiger partial charge in [-0.05, 0) is 35.8 Å². The molecule has 0 aliphatic heterocycles. The van der Waals surface area contributed by atoms with E-state index in [0.717, 1.165) is 9.35 Å². The highest BCUT2D eigenvalue weighted by Crippen LogP contribution is 2.30. The summed E-state index contributed by atoms with van der Waals surface area (Å²) in [6.45, 7) is 4.34. The van der Waals surface area contributed by atoms with Crippen LogP contribution in [-0.4, -0.2) is 6.10 Å². The zero-order valence-corrected chi connectivity index (χ0v) is 13.6. The van der Waals surface area contributed by atoms with Crippen molar-refractivity contribution in [1.82, 2.24) is 0 Å². The predicted molar refractivity (Wildman–Crippen MR) is 85.9 cm³/mol. The lowest BCUT2D eigenvalue weighted by Gasteiger charge is -2.14. The molecule has 0 aliphatic carbocycles. The summed E-state index contributed by atoms with van der Waals surface area (Å²) >= 11 is 5.05. The topological polar surface area (TPSA) is 47.3 Å². The van der Waals surface area contributed by atoms with Crippen LogP contribution in [0.15, 0.2) is 28.1 Å². The summed E-state index contributed by atoms with van der Waals surface area (Å²) in [6, 6.07) is 4.92. The lowest BCUT2D eigenvalue weighted by molar-refractivity contribution is 0.231. The first-order chi connectivity index (χ1) is 9.45. The number of nitrogens with one attached hydrogen (secondary N) is 1. The molecule has 0 spiro atoms. The molecular formula is C14H16BrFN2OS. The van der Waals surface area contributed by atoms with E-state index in [1.807, 2.05) is 25.3 Å². The Morgan fingerprint density at radius 3 is 2.75 bits per heavy atom.